The average Bonchev–Trinajstić information content (AvgIpc) is 3.05. The molecule has 1 aliphatic carbocycles. The number of H-pyrrole nitrogens is 1. The lowest BCUT2D eigenvalue weighted by atomic mass is 10.1. The van der Waals surface area contributed by atoms with E-state index in [1.165, 1.54) is 24.0 Å². The molecule has 0 spiro atoms. The van der Waals surface area contributed by atoms with Gasteiger partial charge in [-0.3, -0.25) is 5.10 Å². The normalized spacial score (nSPS) is 15.0. The molecule has 0 amide bonds. The molecule has 2 aromatic rings. The second-order valence-electron chi connectivity index (χ2n) is 4.36. The molecule has 1 fully saturated rings. The van der Waals surface area contributed by atoms with Gasteiger partial charge in [0, 0.05) is 12.7 Å². The Morgan fingerprint density at radius 1 is 1.25 bits per heavy atom. The molecular weight excluding hydrogens is 198 g/mol. The Hall–Kier alpha value is -1.77. The zero-order valence-corrected chi connectivity index (χ0v) is 9.11. The predicted molar refractivity (Wildman–Crippen MR) is 64.3 cm³/mol. The number of anilines is 1. The van der Waals surface area contributed by atoms with E-state index < -0.39 is 0 Å². The highest BCUT2D eigenvalue weighted by Crippen LogP contribution is 2.39. The Kier molecular flexibility index (Phi) is 2.37. The molecule has 3 nitrogen and oxygen atoms in total. The van der Waals surface area contributed by atoms with Crippen molar-refractivity contribution in [2.24, 2.45) is 0 Å². The lowest BCUT2D eigenvalue weighted by Crippen LogP contribution is -1.98. The third-order valence-corrected chi connectivity index (χ3v) is 3.02. The molecule has 2 N–H and O–H groups in total. The van der Waals surface area contributed by atoms with E-state index in [0.29, 0.717) is 0 Å². The number of aromatic nitrogens is 2. The number of rotatable bonds is 4. The molecule has 16 heavy (non-hydrogen) atoms. The number of nitrogens with zero attached hydrogens (tertiary/aromatic N) is 1. The molecule has 0 atom stereocenters. The quantitative estimate of drug-likeness (QED) is 0.819. The van der Waals surface area contributed by atoms with Crippen LogP contribution in [0.25, 0.3) is 0 Å². The lowest BCUT2D eigenvalue weighted by molar-refractivity contribution is 1.09. The first-order valence-electron chi connectivity index (χ1n) is 5.73. The second-order valence-corrected chi connectivity index (χ2v) is 4.36. The maximum Gasteiger partial charge on any atom is 0.0726 e. The monoisotopic (exact) mass is 213 g/mol. The SMILES string of the molecule is c1cc(C2CC2)ccc1CNc1cn[nH]c1. The molecule has 0 radical (unpaired) electrons. The van der Waals surface area contributed by atoms with Crippen LogP contribution >= 0.6 is 0 Å². The predicted octanol–water partition coefficient (Wildman–Crippen LogP) is 2.90. The van der Waals surface area contributed by atoms with Crippen LogP contribution in [-0.2, 0) is 6.54 Å². The molecule has 82 valence electrons. The molecule has 0 aliphatic heterocycles. The molecule has 1 saturated carbocycles. The second kappa shape index (κ2) is 4.00. The molecule has 0 bridgehead atoms. The van der Waals surface area contributed by atoms with Crippen molar-refractivity contribution in [3.63, 3.8) is 0 Å². The van der Waals surface area contributed by atoms with Gasteiger partial charge in [0.1, 0.15) is 0 Å². The van der Waals surface area contributed by atoms with Crippen LogP contribution in [0.15, 0.2) is 36.7 Å². The summed E-state index contributed by atoms with van der Waals surface area (Å²) >= 11 is 0. The summed E-state index contributed by atoms with van der Waals surface area (Å²) in [7, 11) is 0. The van der Waals surface area contributed by atoms with Gasteiger partial charge in [-0.2, -0.15) is 5.10 Å². The van der Waals surface area contributed by atoms with Gasteiger partial charge in [0.05, 0.1) is 11.9 Å². The van der Waals surface area contributed by atoms with Crippen LogP contribution in [0, 0.1) is 0 Å². The summed E-state index contributed by atoms with van der Waals surface area (Å²) in [4.78, 5) is 0. The lowest BCUT2D eigenvalue weighted by Gasteiger charge is -2.04. The van der Waals surface area contributed by atoms with Gasteiger partial charge in [-0.15, -0.1) is 0 Å². The van der Waals surface area contributed by atoms with Gasteiger partial charge in [-0.25, -0.2) is 0 Å². The molecule has 0 saturated heterocycles. The fourth-order valence-electron chi connectivity index (χ4n) is 1.88. The van der Waals surface area contributed by atoms with Crippen LogP contribution < -0.4 is 5.32 Å². The van der Waals surface area contributed by atoms with Crippen LogP contribution in [0.3, 0.4) is 0 Å². The largest absolute Gasteiger partial charge is 0.378 e. The van der Waals surface area contributed by atoms with Crippen molar-refractivity contribution in [3.05, 3.63) is 47.8 Å². The van der Waals surface area contributed by atoms with E-state index in [1.807, 2.05) is 6.20 Å². The Bertz CT molecular complexity index is 441. The number of benzene rings is 1. The van der Waals surface area contributed by atoms with Gasteiger partial charge in [-0.1, -0.05) is 24.3 Å². The standard InChI is InChI=1S/C13H15N3/c1-3-11(12-5-6-12)4-2-10(1)7-14-13-8-15-16-9-13/h1-4,8-9,12,14H,5-7H2,(H,15,16). The summed E-state index contributed by atoms with van der Waals surface area (Å²) in [5, 5.41) is 9.99. The highest BCUT2D eigenvalue weighted by atomic mass is 15.1. The van der Waals surface area contributed by atoms with Crippen LogP contribution in [0.2, 0.25) is 0 Å². The summed E-state index contributed by atoms with van der Waals surface area (Å²) in [6, 6.07) is 8.93. The average molecular weight is 213 g/mol. The van der Waals surface area contributed by atoms with Crippen molar-refractivity contribution in [1.29, 1.82) is 0 Å². The van der Waals surface area contributed by atoms with Crippen molar-refractivity contribution < 1.29 is 0 Å². The van der Waals surface area contributed by atoms with Crippen molar-refractivity contribution in [3.8, 4) is 0 Å². The minimum atomic E-state index is 0.843. The van der Waals surface area contributed by atoms with Gasteiger partial charge in [0.15, 0.2) is 0 Å². The van der Waals surface area contributed by atoms with E-state index >= 15 is 0 Å². The van der Waals surface area contributed by atoms with E-state index in [1.54, 1.807) is 6.20 Å². The maximum absolute atomic E-state index is 3.89. The van der Waals surface area contributed by atoms with Gasteiger partial charge >= 0.3 is 0 Å². The number of nitrogens with one attached hydrogen (secondary N) is 2. The molecule has 1 aromatic carbocycles. The summed E-state index contributed by atoms with van der Waals surface area (Å²) in [5.41, 5.74) is 3.84. The van der Waals surface area contributed by atoms with E-state index in [0.717, 1.165) is 18.2 Å². The number of aromatic amines is 1. The van der Waals surface area contributed by atoms with Crippen LogP contribution in [0.5, 0.6) is 0 Å². The zero-order chi connectivity index (χ0) is 10.8. The molecule has 0 unspecified atom stereocenters. The Balaban J connectivity index is 1.61. The van der Waals surface area contributed by atoms with Gasteiger partial charge in [0.25, 0.3) is 0 Å². The van der Waals surface area contributed by atoms with Crippen molar-refractivity contribution >= 4 is 5.69 Å². The third kappa shape index (κ3) is 2.08. The van der Waals surface area contributed by atoms with Crippen LogP contribution in [0.4, 0.5) is 5.69 Å². The van der Waals surface area contributed by atoms with E-state index in [9.17, 15) is 0 Å². The van der Waals surface area contributed by atoms with Gasteiger partial charge in [-0.05, 0) is 29.9 Å². The summed E-state index contributed by atoms with van der Waals surface area (Å²) < 4.78 is 0. The third-order valence-electron chi connectivity index (χ3n) is 3.02. The van der Waals surface area contributed by atoms with Crippen molar-refractivity contribution in [2.75, 3.05) is 5.32 Å². The fraction of sp³-hybridized carbons (Fsp3) is 0.308. The smallest absolute Gasteiger partial charge is 0.0726 e. The molecule has 1 heterocycles. The molecule has 1 aliphatic rings. The Morgan fingerprint density at radius 3 is 2.69 bits per heavy atom. The molecule has 1 aromatic heterocycles. The van der Waals surface area contributed by atoms with E-state index in [2.05, 4.69) is 39.8 Å². The molecule has 3 heteroatoms. The topological polar surface area (TPSA) is 40.7 Å². The zero-order valence-electron chi connectivity index (χ0n) is 9.11. The summed E-state index contributed by atoms with van der Waals surface area (Å²) in [5.74, 6) is 0.843. The number of hydrogen-bond donors (Lipinski definition) is 2. The maximum atomic E-state index is 3.89. The van der Waals surface area contributed by atoms with E-state index in [4.69, 9.17) is 0 Å². The van der Waals surface area contributed by atoms with Crippen molar-refractivity contribution in [2.45, 2.75) is 25.3 Å². The first kappa shape index (κ1) is 9.46. The molecular formula is C13H15N3. The Labute approximate surface area is 94.9 Å². The van der Waals surface area contributed by atoms with Crippen molar-refractivity contribution in [1.82, 2.24) is 10.2 Å². The van der Waals surface area contributed by atoms with Crippen LogP contribution in [-0.4, -0.2) is 10.2 Å². The minimum absolute atomic E-state index is 0.843. The minimum Gasteiger partial charge on any atom is -0.378 e. The van der Waals surface area contributed by atoms with Crippen LogP contribution in [0.1, 0.15) is 29.9 Å². The Morgan fingerprint density at radius 2 is 2.06 bits per heavy atom. The fourth-order valence-corrected chi connectivity index (χ4v) is 1.88. The van der Waals surface area contributed by atoms with Gasteiger partial charge < -0.3 is 5.32 Å². The summed E-state index contributed by atoms with van der Waals surface area (Å²) in [6.45, 7) is 0.852. The highest BCUT2D eigenvalue weighted by molar-refractivity contribution is 5.39. The number of hydrogen-bond acceptors (Lipinski definition) is 2. The first-order valence-corrected chi connectivity index (χ1v) is 5.73. The summed E-state index contributed by atoms with van der Waals surface area (Å²) in [6.07, 6.45) is 6.39. The van der Waals surface area contributed by atoms with Gasteiger partial charge in [0.2, 0.25) is 0 Å². The molecule has 3 rings (SSSR count). The van der Waals surface area contributed by atoms with E-state index in [-0.39, 0.29) is 0 Å². The first-order chi connectivity index (χ1) is 7.92. The highest BCUT2D eigenvalue weighted by Gasteiger charge is 2.22.